The van der Waals surface area contributed by atoms with Gasteiger partial charge in [-0.2, -0.15) is 18.3 Å². The van der Waals surface area contributed by atoms with Crippen LogP contribution in [0.5, 0.6) is 0 Å². The molecule has 0 aliphatic carbocycles. The zero-order chi connectivity index (χ0) is 10.1. The number of nitrogens with zero attached hydrogens (tertiary/aromatic N) is 2. The molecule has 3 nitrogen and oxygen atoms in total. The molecule has 1 heterocycles. The number of halogens is 3. The van der Waals surface area contributed by atoms with Gasteiger partial charge in [-0.05, 0) is 6.42 Å². The van der Waals surface area contributed by atoms with Crippen LogP contribution in [0.1, 0.15) is 12.1 Å². The van der Waals surface area contributed by atoms with Crippen molar-refractivity contribution in [1.29, 1.82) is 0 Å². The van der Waals surface area contributed by atoms with Crippen molar-refractivity contribution in [3.8, 4) is 0 Å². The number of alkyl halides is 3. The lowest BCUT2D eigenvalue weighted by atomic mass is 10.2. The first-order chi connectivity index (χ1) is 5.90. The summed E-state index contributed by atoms with van der Waals surface area (Å²) in [7, 11) is 1.57. The molecule has 0 fully saturated rings. The molecule has 0 spiro atoms. The van der Waals surface area contributed by atoms with Crippen molar-refractivity contribution >= 4 is 5.69 Å². The van der Waals surface area contributed by atoms with Crippen molar-refractivity contribution in [2.45, 2.75) is 19.0 Å². The number of nitrogen functional groups attached to an aromatic ring is 1. The Morgan fingerprint density at radius 3 is 2.54 bits per heavy atom. The molecule has 74 valence electrons. The van der Waals surface area contributed by atoms with Crippen LogP contribution in [0.15, 0.2) is 6.20 Å². The van der Waals surface area contributed by atoms with Gasteiger partial charge in [-0.3, -0.25) is 4.68 Å². The van der Waals surface area contributed by atoms with Crippen molar-refractivity contribution in [2.75, 3.05) is 5.73 Å². The van der Waals surface area contributed by atoms with E-state index in [0.717, 1.165) is 0 Å². The van der Waals surface area contributed by atoms with Crippen molar-refractivity contribution in [2.24, 2.45) is 7.05 Å². The SMILES string of the molecule is Cn1ncc(N)c1CCC(F)(F)F. The molecule has 1 aromatic heterocycles. The molecular weight excluding hydrogens is 183 g/mol. The Hall–Kier alpha value is -1.20. The van der Waals surface area contributed by atoms with Crippen LogP contribution in [0.3, 0.4) is 0 Å². The minimum Gasteiger partial charge on any atom is -0.396 e. The Labute approximate surface area is 73.3 Å². The van der Waals surface area contributed by atoms with Gasteiger partial charge in [0.2, 0.25) is 0 Å². The summed E-state index contributed by atoms with van der Waals surface area (Å²) in [5, 5.41) is 3.74. The molecule has 0 saturated carbocycles. The maximum atomic E-state index is 11.8. The summed E-state index contributed by atoms with van der Waals surface area (Å²) in [6.07, 6.45) is -3.77. The molecule has 0 aromatic carbocycles. The van der Waals surface area contributed by atoms with Crippen LogP contribution in [0, 0.1) is 0 Å². The monoisotopic (exact) mass is 193 g/mol. The highest BCUT2D eigenvalue weighted by atomic mass is 19.4. The predicted octanol–water partition coefficient (Wildman–Crippen LogP) is 1.50. The van der Waals surface area contributed by atoms with E-state index < -0.39 is 12.6 Å². The van der Waals surface area contributed by atoms with Crippen LogP contribution in [0.4, 0.5) is 18.9 Å². The second-order valence-corrected chi connectivity index (χ2v) is 2.79. The second-order valence-electron chi connectivity index (χ2n) is 2.79. The summed E-state index contributed by atoms with van der Waals surface area (Å²) in [4.78, 5) is 0. The van der Waals surface area contributed by atoms with Crippen molar-refractivity contribution in [3.63, 3.8) is 0 Å². The first-order valence-electron chi connectivity index (χ1n) is 3.73. The fourth-order valence-electron chi connectivity index (χ4n) is 1.05. The number of hydrogen-bond acceptors (Lipinski definition) is 2. The molecule has 0 atom stereocenters. The van der Waals surface area contributed by atoms with Crippen LogP contribution in [-0.2, 0) is 13.5 Å². The average Bonchev–Trinajstić information content (AvgIpc) is 2.27. The highest BCUT2D eigenvalue weighted by Gasteiger charge is 2.27. The third-order valence-electron chi connectivity index (χ3n) is 1.74. The number of anilines is 1. The van der Waals surface area contributed by atoms with Crippen LogP contribution in [0.25, 0.3) is 0 Å². The van der Waals surface area contributed by atoms with E-state index in [1.165, 1.54) is 10.9 Å². The number of aromatic nitrogens is 2. The van der Waals surface area contributed by atoms with E-state index in [1.807, 2.05) is 0 Å². The summed E-state index contributed by atoms with van der Waals surface area (Å²) in [6, 6.07) is 0. The zero-order valence-electron chi connectivity index (χ0n) is 7.10. The van der Waals surface area contributed by atoms with Gasteiger partial charge < -0.3 is 5.73 Å². The number of hydrogen-bond donors (Lipinski definition) is 1. The molecule has 2 N–H and O–H groups in total. The van der Waals surface area contributed by atoms with Gasteiger partial charge in [0.25, 0.3) is 0 Å². The van der Waals surface area contributed by atoms with Gasteiger partial charge in [0.15, 0.2) is 0 Å². The second kappa shape index (κ2) is 3.27. The van der Waals surface area contributed by atoms with E-state index in [0.29, 0.717) is 11.4 Å². The lowest BCUT2D eigenvalue weighted by Gasteiger charge is -2.06. The smallest absolute Gasteiger partial charge is 0.389 e. The van der Waals surface area contributed by atoms with Crippen molar-refractivity contribution < 1.29 is 13.2 Å². The van der Waals surface area contributed by atoms with Crippen LogP contribution in [-0.4, -0.2) is 16.0 Å². The van der Waals surface area contributed by atoms with Crippen LogP contribution in [0.2, 0.25) is 0 Å². The lowest BCUT2D eigenvalue weighted by molar-refractivity contribution is -0.134. The van der Waals surface area contributed by atoms with Gasteiger partial charge in [-0.15, -0.1) is 0 Å². The van der Waals surface area contributed by atoms with E-state index in [2.05, 4.69) is 5.10 Å². The van der Waals surface area contributed by atoms with E-state index in [4.69, 9.17) is 5.73 Å². The van der Waals surface area contributed by atoms with Gasteiger partial charge in [0, 0.05) is 13.5 Å². The quantitative estimate of drug-likeness (QED) is 0.773. The minimum atomic E-state index is -4.14. The largest absolute Gasteiger partial charge is 0.396 e. The Kier molecular flexibility index (Phi) is 2.49. The fourth-order valence-corrected chi connectivity index (χ4v) is 1.05. The third-order valence-corrected chi connectivity index (χ3v) is 1.74. The molecule has 0 radical (unpaired) electrons. The molecule has 0 aliphatic heterocycles. The van der Waals surface area contributed by atoms with Crippen LogP contribution < -0.4 is 5.73 Å². The van der Waals surface area contributed by atoms with Crippen molar-refractivity contribution in [3.05, 3.63) is 11.9 Å². The summed E-state index contributed by atoms with van der Waals surface area (Å²) in [5.74, 6) is 0. The predicted molar refractivity (Wildman–Crippen MR) is 42.0 cm³/mol. The zero-order valence-corrected chi connectivity index (χ0v) is 7.10. The molecule has 0 amide bonds. The Balaban J connectivity index is 2.64. The number of aryl methyl sites for hydroxylation is 1. The average molecular weight is 193 g/mol. The molecule has 1 rings (SSSR count). The van der Waals surface area contributed by atoms with Gasteiger partial charge in [0.1, 0.15) is 0 Å². The molecular formula is C7H10F3N3. The van der Waals surface area contributed by atoms with Crippen molar-refractivity contribution in [1.82, 2.24) is 9.78 Å². The van der Waals surface area contributed by atoms with E-state index in [-0.39, 0.29) is 6.42 Å². The number of rotatable bonds is 2. The Morgan fingerprint density at radius 1 is 1.54 bits per heavy atom. The highest BCUT2D eigenvalue weighted by Crippen LogP contribution is 2.23. The maximum Gasteiger partial charge on any atom is 0.389 e. The summed E-state index contributed by atoms with van der Waals surface area (Å²) in [5.41, 5.74) is 6.16. The lowest BCUT2D eigenvalue weighted by Crippen LogP contribution is -2.11. The molecule has 0 bridgehead atoms. The molecule has 1 aromatic rings. The normalized spacial score (nSPS) is 12.0. The first kappa shape index (κ1) is 9.88. The molecule has 0 unspecified atom stereocenters. The molecule has 0 saturated heterocycles. The first-order valence-corrected chi connectivity index (χ1v) is 3.73. The fraction of sp³-hybridized carbons (Fsp3) is 0.571. The standard InChI is InChI=1S/C7H10F3N3/c1-13-6(5(11)4-12-13)2-3-7(8,9)10/h4H,2-3,11H2,1H3. The van der Waals surface area contributed by atoms with Gasteiger partial charge in [-0.25, -0.2) is 0 Å². The summed E-state index contributed by atoms with van der Waals surface area (Å²) in [6.45, 7) is 0. The van der Waals surface area contributed by atoms with E-state index in [9.17, 15) is 13.2 Å². The van der Waals surface area contributed by atoms with Gasteiger partial charge >= 0.3 is 6.18 Å². The van der Waals surface area contributed by atoms with Crippen LogP contribution >= 0.6 is 0 Å². The molecule has 0 aliphatic rings. The summed E-state index contributed by atoms with van der Waals surface area (Å²) < 4.78 is 36.9. The minimum absolute atomic E-state index is 0.119. The Morgan fingerprint density at radius 2 is 2.15 bits per heavy atom. The Bertz CT molecular complexity index is 270. The van der Waals surface area contributed by atoms with E-state index in [1.54, 1.807) is 7.05 Å². The maximum absolute atomic E-state index is 11.8. The number of nitrogens with two attached hydrogens (primary N) is 1. The van der Waals surface area contributed by atoms with E-state index >= 15 is 0 Å². The van der Waals surface area contributed by atoms with Gasteiger partial charge in [0.05, 0.1) is 17.6 Å². The highest BCUT2D eigenvalue weighted by molar-refractivity contribution is 5.40. The van der Waals surface area contributed by atoms with Gasteiger partial charge in [-0.1, -0.05) is 0 Å². The topological polar surface area (TPSA) is 43.8 Å². The third kappa shape index (κ3) is 2.64. The molecule has 13 heavy (non-hydrogen) atoms. The molecule has 6 heteroatoms. The summed E-state index contributed by atoms with van der Waals surface area (Å²) >= 11 is 0.